The molecule has 1 N–H and O–H groups in total. The Labute approximate surface area is 193 Å². The molecule has 2 atom stereocenters. The number of hydrogen-bond acceptors (Lipinski definition) is 5. The van der Waals surface area contributed by atoms with E-state index < -0.39 is 0 Å². The van der Waals surface area contributed by atoms with Gasteiger partial charge in [-0.15, -0.1) is 5.10 Å². The van der Waals surface area contributed by atoms with Crippen LogP contribution >= 0.6 is 0 Å². The largest absolute Gasteiger partial charge is 0.321 e. The minimum atomic E-state index is -0.305. The fraction of sp³-hybridized carbons (Fsp3) is 0.385. The maximum Gasteiger partial charge on any atom is 0.253 e. The smallest absolute Gasteiger partial charge is 0.253 e. The third-order valence-corrected chi connectivity index (χ3v) is 6.65. The summed E-state index contributed by atoms with van der Waals surface area (Å²) in [6.45, 7) is 8.78. The number of aryl methyl sites for hydroxylation is 2. The molecule has 3 heterocycles. The molecule has 1 fully saturated rings. The molecule has 0 amide bonds. The highest BCUT2D eigenvalue weighted by Crippen LogP contribution is 2.31. The fourth-order valence-corrected chi connectivity index (χ4v) is 5.14. The Morgan fingerprint density at radius 2 is 1.97 bits per heavy atom. The summed E-state index contributed by atoms with van der Waals surface area (Å²) in [5, 5.41) is 13.8. The Kier molecular flexibility index (Phi) is 5.81. The van der Waals surface area contributed by atoms with Gasteiger partial charge in [0, 0.05) is 12.1 Å². The van der Waals surface area contributed by atoms with Gasteiger partial charge in [-0.05, 0) is 78.2 Å². The van der Waals surface area contributed by atoms with Crippen molar-refractivity contribution in [1.29, 1.82) is 0 Å². The number of nitrogens with one attached hydrogen (secondary N) is 1. The number of aromatic amines is 1. The van der Waals surface area contributed by atoms with Crippen LogP contribution in [0.3, 0.4) is 0 Å². The van der Waals surface area contributed by atoms with Crippen molar-refractivity contribution >= 4 is 10.9 Å². The number of benzene rings is 2. The molecule has 7 heteroatoms. The number of H-pyrrole nitrogens is 1. The van der Waals surface area contributed by atoms with Crippen LogP contribution in [0.4, 0.5) is 0 Å². The summed E-state index contributed by atoms with van der Waals surface area (Å²) in [6, 6.07) is 16.1. The van der Waals surface area contributed by atoms with Crippen molar-refractivity contribution in [2.24, 2.45) is 5.92 Å². The zero-order valence-electron chi connectivity index (χ0n) is 19.5. The number of nitrogens with zero attached hydrogens (tertiary/aromatic N) is 5. The van der Waals surface area contributed by atoms with Gasteiger partial charge in [-0.1, -0.05) is 48.9 Å². The van der Waals surface area contributed by atoms with Crippen LogP contribution in [0.2, 0.25) is 0 Å². The zero-order chi connectivity index (χ0) is 22.9. The standard InChI is InChI=1S/C26H30N6O/c1-17-8-7-11-31(15-17)24(25-28-29-30-32(25)16-20-9-5-4-6-10-20)22-14-21-13-18(2)12-19(3)23(21)27-26(22)33/h4-6,9-10,12-14,17,24H,7-8,11,15-16H2,1-3H3,(H,27,33)/t17-,24-/m0/s1. The second-order valence-corrected chi connectivity index (χ2v) is 9.43. The van der Waals surface area contributed by atoms with Crippen LogP contribution < -0.4 is 5.56 Å². The quantitative estimate of drug-likeness (QED) is 0.505. The number of aromatic nitrogens is 5. The van der Waals surface area contributed by atoms with Crippen LogP contribution in [0.25, 0.3) is 10.9 Å². The highest BCUT2D eigenvalue weighted by molar-refractivity contribution is 5.83. The molecular formula is C26H30N6O. The van der Waals surface area contributed by atoms with Gasteiger partial charge in [0.25, 0.3) is 5.56 Å². The van der Waals surface area contributed by atoms with E-state index >= 15 is 0 Å². The average molecular weight is 443 g/mol. The first-order valence-electron chi connectivity index (χ1n) is 11.7. The van der Waals surface area contributed by atoms with E-state index in [1.807, 2.05) is 35.9 Å². The van der Waals surface area contributed by atoms with Crippen LogP contribution in [0.1, 0.15) is 53.9 Å². The molecular weight excluding hydrogens is 412 g/mol. The summed E-state index contributed by atoms with van der Waals surface area (Å²) >= 11 is 0. The highest BCUT2D eigenvalue weighted by atomic mass is 16.1. The Morgan fingerprint density at radius 1 is 1.15 bits per heavy atom. The van der Waals surface area contributed by atoms with E-state index in [1.165, 1.54) is 12.0 Å². The second-order valence-electron chi connectivity index (χ2n) is 9.43. The van der Waals surface area contributed by atoms with Gasteiger partial charge in [0.05, 0.1) is 12.1 Å². The highest BCUT2D eigenvalue weighted by Gasteiger charge is 2.32. The van der Waals surface area contributed by atoms with Crippen molar-refractivity contribution in [3.05, 3.63) is 87.0 Å². The van der Waals surface area contributed by atoms with Crippen molar-refractivity contribution < 1.29 is 0 Å². The van der Waals surface area contributed by atoms with Gasteiger partial charge in [0.1, 0.15) is 6.04 Å². The maximum atomic E-state index is 13.4. The molecule has 0 spiro atoms. The number of tetrazole rings is 1. The van der Waals surface area contributed by atoms with E-state index in [0.29, 0.717) is 23.9 Å². The molecule has 0 unspecified atom stereocenters. The Balaban J connectivity index is 1.65. The van der Waals surface area contributed by atoms with E-state index in [4.69, 9.17) is 0 Å². The molecule has 0 saturated carbocycles. The van der Waals surface area contributed by atoms with Gasteiger partial charge < -0.3 is 4.98 Å². The van der Waals surface area contributed by atoms with Crippen LogP contribution in [0, 0.1) is 19.8 Å². The summed E-state index contributed by atoms with van der Waals surface area (Å²) in [6.07, 6.45) is 2.30. The van der Waals surface area contributed by atoms with Gasteiger partial charge in [-0.2, -0.15) is 0 Å². The maximum absolute atomic E-state index is 13.4. The minimum Gasteiger partial charge on any atom is -0.321 e. The second kappa shape index (κ2) is 8.90. The first-order chi connectivity index (χ1) is 16.0. The molecule has 2 aromatic heterocycles. The Bertz CT molecular complexity index is 1330. The van der Waals surface area contributed by atoms with Crippen molar-refractivity contribution in [3.63, 3.8) is 0 Å². The van der Waals surface area contributed by atoms with Gasteiger partial charge in [0.2, 0.25) is 0 Å². The summed E-state index contributed by atoms with van der Waals surface area (Å²) in [5.41, 5.74) is 4.89. The Hall–Kier alpha value is -3.32. The summed E-state index contributed by atoms with van der Waals surface area (Å²) in [7, 11) is 0. The molecule has 5 rings (SSSR count). The molecule has 170 valence electrons. The number of hydrogen-bond donors (Lipinski definition) is 1. The van der Waals surface area contributed by atoms with Gasteiger partial charge in [0.15, 0.2) is 5.82 Å². The molecule has 7 nitrogen and oxygen atoms in total. The molecule has 4 aromatic rings. The monoisotopic (exact) mass is 442 g/mol. The lowest BCUT2D eigenvalue weighted by Gasteiger charge is -2.36. The SMILES string of the molecule is Cc1cc(C)c2[nH]c(=O)c([C@@H](c3nnnn3Cc3ccccc3)N3CCC[C@H](C)C3)cc2c1. The first kappa shape index (κ1) is 21.5. The lowest BCUT2D eigenvalue weighted by molar-refractivity contribution is 0.141. The van der Waals surface area contributed by atoms with Gasteiger partial charge in [-0.3, -0.25) is 9.69 Å². The number of likely N-dealkylation sites (tertiary alicyclic amines) is 1. The lowest BCUT2D eigenvalue weighted by atomic mass is 9.95. The topological polar surface area (TPSA) is 79.7 Å². The normalized spacial score (nSPS) is 18.0. The molecule has 0 radical (unpaired) electrons. The van der Waals surface area contributed by atoms with Crippen LogP contribution in [-0.2, 0) is 6.54 Å². The third-order valence-electron chi connectivity index (χ3n) is 6.65. The molecule has 2 aromatic carbocycles. The molecule has 1 saturated heterocycles. The fourth-order valence-electron chi connectivity index (χ4n) is 5.14. The van der Waals surface area contributed by atoms with Crippen molar-refractivity contribution in [2.75, 3.05) is 13.1 Å². The van der Waals surface area contributed by atoms with Crippen molar-refractivity contribution in [3.8, 4) is 0 Å². The minimum absolute atomic E-state index is 0.0769. The van der Waals surface area contributed by atoms with Crippen molar-refractivity contribution in [1.82, 2.24) is 30.1 Å². The molecule has 33 heavy (non-hydrogen) atoms. The van der Waals surface area contributed by atoms with Crippen LogP contribution in [0.15, 0.2) is 53.3 Å². The zero-order valence-corrected chi connectivity index (χ0v) is 19.5. The average Bonchev–Trinajstić information content (AvgIpc) is 3.23. The van der Waals surface area contributed by atoms with E-state index in [1.54, 1.807) is 0 Å². The van der Waals surface area contributed by atoms with Gasteiger partial charge in [-0.25, -0.2) is 4.68 Å². The predicted molar refractivity (Wildman–Crippen MR) is 129 cm³/mol. The van der Waals surface area contributed by atoms with E-state index in [0.717, 1.165) is 41.5 Å². The number of rotatable bonds is 5. The lowest BCUT2D eigenvalue weighted by Crippen LogP contribution is -2.41. The van der Waals surface area contributed by atoms with Crippen LogP contribution in [-0.4, -0.2) is 43.2 Å². The summed E-state index contributed by atoms with van der Waals surface area (Å²) < 4.78 is 1.84. The first-order valence-corrected chi connectivity index (χ1v) is 11.7. The number of pyridine rings is 1. The van der Waals surface area contributed by atoms with Crippen LogP contribution in [0.5, 0.6) is 0 Å². The summed E-state index contributed by atoms with van der Waals surface area (Å²) in [5.74, 6) is 1.27. The predicted octanol–water partition coefficient (Wildman–Crippen LogP) is 4.00. The summed E-state index contributed by atoms with van der Waals surface area (Å²) in [4.78, 5) is 19.0. The number of piperidine rings is 1. The van der Waals surface area contributed by atoms with Gasteiger partial charge >= 0.3 is 0 Å². The third kappa shape index (κ3) is 4.33. The molecule has 1 aliphatic rings. The molecule has 0 bridgehead atoms. The van der Waals surface area contributed by atoms with E-state index in [-0.39, 0.29) is 11.6 Å². The Morgan fingerprint density at radius 3 is 2.76 bits per heavy atom. The number of fused-ring (bicyclic) bond motifs is 1. The van der Waals surface area contributed by atoms with E-state index in [9.17, 15) is 4.79 Å². The van der Waals surface area contributed by atoms with Crippen molar-refractivity contribution in [2.45, 2.75) is 46.2 Å². The molecule has 0 aliphatic carbocycles. The molecule has 1 aliphatic heterocycles. The van der Waals surface area contributed by atoms with E-state index in [2.05, 4.69) is 63.5 Å².